The molecule has 0 radical (unpaired) electrons. The second-order valence-electron chi connectivity index (χ2n) is 8.80. The molecule has 0 bridgehead atoms. The average molecular weight is 413 g/mol. The number of rotatable bonds is 7. The Kier molecular flexibility index (Phi) is 5.46. The first kappa shape index (κ1) is 19.8. The largest absolute Gasteiger partial charge is 0.489 e. The van der Waals surface area contributed by atoms with Gasteiger partial charge in [0, 0.05) is 35.6 Å². The zero-order chi connectivity index (χ0) is 21.2. The molecule has 5 rings (SSSR count). The van der Waals surface area contributed by atoms with Crippen LogP contribution >= 0.6 is 0 Å². The Labute approximate surface area is 183 Å². The summed E-state index contributed by atoms with van der Waals surface area (Å²) in [6.07, 6.45) is 7.90. The van der Waals surface area contributed by atoms with Crippen LogP contribution in [0.4, 0.5) is 0 Å². The number of nitrogens with zero attached hydrogens (tertiary/aromatic N) is 2. The SMILES string of the molecule is Cc1ccccc1C1CC(N(C(=O)c2cccc(OCc3cccnc3)c2)C2CC2)C1. The minimum absolute atomic E-state index is 0.141. The van der Waals surface area contributed by atoms with Gasteiger partial charge >= 0.3 is 0 Å². The van der Waals surface area contributed by atoms with Crippen LogP contribution in [0.15, 0.2) is 73.1 Å². The van der Waals surface area contributed by atoms with Gasteiger partial charge in [-0.05, 0) is 73.9 Å². The maximum absolute atomic E-state index is 13.5. The van der Waals surface area contributed by atoms with Gasteiger partial charge in [0.25, 0.3) is 5.91 Å². The van der Waals surface area contributed by atoms with Crippen LogP contribution in [0.3, 0.4) is 0 Å². The lowest BCUT2D eigenvalue weighted by Crippen LogP contribution is -2.48. The van der Waals surface area contributed by atoms with Crippen molar-refractivity contribution in [2.75, 3.05) is 0 Å². The van der Waals surface area contributed by atoms with E-state index in [-0.39, 0.29) is 5.91 Å². The molecule has 2 aromatic carbocycles. The molecule has 2 aliphatic rings. The average Bonchev–Trinajstić information content (AvgIpc) is 3.61. The third-order valence-corrected chi connectivity index (χ3v) is 6.52. The van der Waals surface area contributed by atoms with Gasteiger partial charge in [0.2, 0.25) is 0 Å². The monoisotopic (exact) mass is 412 g/mol. The zero-order valence-electron chi connectivity index (χ0n) is 17.9. The van der Waals surface area contributed by atoms with Crippen LogP contribution in [0.2, 0.25) is 0 Å². The number of carbonyl (C=O) groups excluding carboxylic acids is 1. The Morgan fingerprint density at radius 2 is 1.87 bits per heavy atom. The molecule has 0 aliphatic heterocycles. The van der Waals surface area contributed by atoms with E-state index in [2.05, 4.69) is 41.1 Å². The highest BCUT2D eigenvalue weighted by Gasteiger charge is 2.44. The van der Waals surface area contributed by atoms with Crippen molar-refractivity contribution in [1.29, 1.82) is 0 Å². The van der Waals surface area contributed by atoms with Gasteiger partial charge in [-0.2, -0.15) is 0 Å². The van der Waals surface area contributed by atoms with Crippen LogP contribution in [0.5, 0.6) is 5.75 Å². The number of amides is 1. The van der Waals surface area contributed by atoms with Crippen molar-refractivity contribution in [3.63, 3.8) is 0 Å². The third-order valence-electron chi connectivity index (χ3n) is 6.52. The molecule has 0 spiro atoms. The third kappa shape index (κ3) is 4.34. The standard InChI is InChI=1S/C27H28N2O2/c1-19-6-2-3-10-26(19)22-14-24(15-22)29(23-11-12-23)27(30)21-8-4-9-25(16-21)31-18-20-7-5-13-28-17-20/h2-10,13,16-17,22-24H,11-12,14-15,18H2,1H3. The van der Waals surface area contributed by atoms with Crippen LogP contribution < -0.4 is 4.74 Å². The molecule has 2 fully saturated rings. The lowest BCUT2D eigenvalue weighted by atomic mass is 9.73. The number of benzene rings is 2. The number of ether oxygens (including phenoxy) is 1. The number of hydrogen-bond donors (Lipinski definition) is 0. The van der Waals surface area contributed by atoms with Crippen LogP contribution in [-0.4, -0.2) is 27.9 Å². The Hall–Kier alpha value is -3.14. The highest BCUT2D eigenvalue weighted by Crippen LogP contribution is 2.45. The van der Waals surface area contributed by atoms with Crippen molar-refractivity contribution >= 4 is 5.91 Å². The molecule has 4 nitrogen and oxygen atoms in total. The van der Waals surface area contributed by atoms with Crippen molar-refractivity contribution in [2.45, 2.75) is 57.2 Å². The summed E-state index contributed by atoms with van der Waals surface area (Å²) in [7, 11) is 0. The summed E-state index contributed by atoms with van der Waals surface area (Å²) in [5.41, 5.74) is 4.52. The highest BCUT2D eigenvalue weighted by atomic mass is 16.5. The first-order chi connectivity index (χ1) is 15.2. The summed E-state index contributed by atoms with van der Waals surface area (Å²) >= 11 is 0. The molecule has 158 valence electrons. The number of carbonyl (C=O) groups is 1. The summed E-state index contributed by atoms with van der Waals surface area (Å²) in [6, 6.07) is 20.9. The van der Waals surface area contributed by atoms with Gasteiger partial charge in [-0.1, -0.05) is 36.4 Å². The molecule has 0 saturated heterocycles. The van der Waals surface area contributed by atoms with Gasteiger partial charge in [0.05, 0.1) is 0 Å². The smallest absolute Gasteiger partial charge is 0.254 e. The van der Waals surface area contributed by atoms with E-state index in [9.17, 15) is 4.79 Å². The zero-order valence-corrected chi connectivity index (χ0v) is 17.9. The van der Waals surface area contributed by atoms with E-state index in [1.54, 1.807) is 12.4 Å². The molecule has 2 aliphatic carbocycles. The Morgan fingerprint density at radius 3 is 2.61 bits per heavy atom. The molecule has 4 heteroatoms. The summed E-state index contributed by atoms with van der Waals surface area (Å²) < 4.78 is 5.92. The fourth-order valence-corrected chi connectivity index (χ4v) is 4.61. The molecule has 0 N–H and O–H groups in total. The van der Waals surface area contributed by atoms with Gasteiger partial charge in [-0.25, -0.2) is 0 Å². The highest BCUT2D eigenvalue weighted by molar-refractivity contribution is 5.95. The molecular weight excluding hydrogens is 384 g/mol. The van der Waals surface area contributed by atoms with Gasteiger partial charge in [-0.15, -0.1) is 0 Å². The molecule has 2 saturated carbocycles. The van der Waals surface area contributed by atoms with E-state index in [1.807, 2.05) is 36.4 Å². The lowest BCUT2D eigenvalue weighted by molar-refractivity contribution is 0.0516. The maximum Gasteiger partial charge on any atom is 0.254 e. The van der Waals surface area contributed by atoms with Crippen molar-refractivity contribution in [3.05, 3.63) is 95.3 Å². The Balaban J connectivity index is 1.26. The second kappa shape index (κ2) is 8.54. The van der Waals surface area contributed by atoms with E-state index in [1.165, 1.54) is 11.1 Å². The van der Waals surface area contributed by atoms with Gasteiger partial charge in [0.1, 0.15) is 12.4 Å². The molecular formula is C27H28N2O2. The molecule has 31 heavy (non-hydrogen) atoms. The topological polar surface area (TPSA) is 42.4 Å². The molecule has 0 atom stereocenters. The van der Waals surface area contributed by atoms with E-state index < -0.39 is 0 Å². The van der Waals surface area contributed by atoms with Crippen molar-refractivity contribution in [2.24, 2.45) is 0 Å². The second-order valence-corrected chi connectivity index (χ2v) is 8.80. The molecule has 0 unspecified atom stereocenters. The minimum atomic E-state index is 0.141. The number of hydrogen-bond acceptors (Lipinski definition) is 3. The fraction of sp³-hybridized carbons (Fsp3) is 0.333. The quantitative estimate of drug-likeness (QED) is 0.513. The lowest BCUT2D eigenvalue weighted by Gasteiger charge is -2.44. The number of aryl methyl sites for hydroxylation is 1. The normalized spacial score (nSPS) is 20.0. The predicted octanol–water partition coefficient (Wildman–Crippen LogP) is 5.52. The summed E-state index contributed by atoms with van der Waals surface area (Å²) in [5.74, 6) is 1.42. The Morgan fingerprint density at radius 1 is 1.03 bits per heavy atom. The van der Waals surface area contributed by atoms with Gasteiger partial charge in [-0.3, -0.25) is 9.78 Å². The van der Waals surface area contributed by atoms with Crippen LogP contribution in [0.25, 0.3) is 0 Å². The first-order valence-electron chi connectivity index (χ1n) is 11.2. The molecule has 1 heterocycles. The van der Waals surface area contributed by atoms with E-state index >= 15 is 0 Å². The van der Waals surface area contributed by atoms with Gasteiger partial charge < -0.3 is 9.64 Å². The van der Waals surface area contributed by atoms with Crippen LogP contribution in [0, 0.1) is 6.92 Å². The van der Waals surface area contributed by atoms with E-state index in [0.717, 1.165) is 42.6 Å². The summed E-state index contributed by atoms with van der Waals surface area (Å²) in [6.45, 7) is 2.63. The van der Waals surface area contributed by atoms with Crippen LogP contribution in [-0.2, 0) is 6.61 Å². The van der Waals surface area contributed by atoms with Crippen molar-refractivity contribution < 1.29 is 9.53 Å². The molecule has 3 aromatic rings. The van der Waals surface area contributed by atoms with Gasteiger partial charge in [0.15, 0.2) is 0 Å². The molecule has 1 aromatic heterocycles. The van der Waals surface area contributed by atoms with E-state index in [0.29, 0.717) is 24.6 Å². The summed E-state index contributed by atoms with van der Waals surface area (Å²) in [5, 5.41) is 0. The van der Waals surface area contributed by atoms with Crippen LogP contribution in [0.1, 0.15) is 58.6 Å². The Bertz CT molecular complexity index is 1060. The summed E-state index contributed by atoms with van der Waals surface area (Å²) in [4.78, 5) is 19.7. The first-order valence-corrected chi connectivity index (χ1v) is 11.2. The van der Waals surface area contributed by atoms with Crippen molar-refractivity contribution in [1.82, 2.24) is 9.88 Å². The predicted molar refractivity (Wildman–Crippen MR) is 121 cm³/mol. The number of pyridine rings is 1. The van der Waals surface area contributed by atoms with E-state index in [4.69, 9.17) is 4.74 Å². The number of aromatic nitrogens is 1. The fourth-order valence-electron chi connectivity index (χ4n) is 4.61. The minimum Gasteiger partial charge on any atom is -0.489 e. The van der Waals surface area contributed by atoms with Crippen molar-refractivity contribution in [3.8, 4) is 5.75 Å². The molecule has 1 amide bonds. The maximum atomic E-state index is 13.5.